The Hall–Kier alpha value is -1.40. The van der Waals surface area contributed by atoms with Crippen molar-refractivity contribution >= 4 is 11.6 Å². The molecule has 0 aromatic carbocycles. The average Bonchev–Trinajstić information content (AvgIpc) is 3.06. The second kappa shape index (κ2) is 6.79. The number of aliphatic hydroxyl groups is 1. The summed E-state index contributed by atoms with van der Waals surface area (Å²) in [5.74, 6) is 1.15. The van der Waals surface area contributed by atoms with E-state index in [0.29, 0.717) is 24.7 Å². The molecule has 0 aromatic rings. The number of aliphatic hydroxyl groups excluding tert-OH is 1. The lowest BCUT2D eigenvalue weighted by molar-refractivity contribution is -0.127. The molecular formula is C16H28N4O2. The molecule has 0 radical (unpaired) electrons. The fourth-order valence-corrected chi connectivity index (χ4v) is 3.28. The van der Waals surface area contributed by atoms with Crippen molar-refractivity contribution in [1.29, 1.82) is 0 Å². The molecular weight excluding hydrogens is 280 g/mol. The monoisotopic (exact) mass is 308 g/mol. The third-order valence-electron chi connectivity index (χ3n) is 4.57. The predicted octanol–water partition coefficient (Wildman–Crippen LogP) is 0.175. The van der Waals surface area contributed by atoms with E-state index in [1.165, 1.54) is 0 Å². The quantitative estimate of drug-likeness (QED) is 0.537. The number of nitrogens with one attached hydrogen (secondary N) is 2. The van der Waals surface area contributed by atoms with Crippen molar-refractivity contribution in [2.75, 3.05) is 19.7 Å². The van der Waals surface area contributed by atoms with Crippen molar-refractivity contribution < 1.29 is 9.90 Å². The number of carbonyl (C=O) groups excluding carboxylic acids is 1. The van der Waals surface area contributed by atoms with Crippen LogP contribution in [0.3, 0.4) is 0 Å². The number of nitrogens with zero attached hydrogens (tertiary/aromatic N) is 1. The molecule has 2 aliphatic heterocycles. The van der Waals surface area contributed by atoms with Gasteiger partial charge >= 0.3 is 0 Å². The summed E-state index contributed by atoms with van der Waals surface area (Å²) < 4.78 is 0. The number of hydrogen-bond donors (Lipinski definition) is 4. The number of ketones is 1. The van der Waals surface area contributed by atoms with Crippen LogP contribution in [0.15, 0.2) is 17.3 Å². The van der Waals surface area contributed by atoms with Crippen LogP contribution in [-0.4, -0.2) is 48.0 Å². The molecule has 6 nitrogen and oxygen atoms in total. The summed E-state index contributed by atoms with van der Waals surface area (Å²) in [6, 6.07) is -0.196. The van der Waals surface area contributed by atoms with Crippen molar-refractivity contribution in [2.24, 2.45) is 22.6 Å². The number of carbonyl (C=O) groups is 1. The van der Waals surface area contributed by atoms with Gasteiger partial charge < -0.3 is 21.5 Å². The van der Waals surface area contributed by atoms with Crippen LogP contribution in [0, 0.1) is 11.8 Å². The summed E-state index contributed by atoms with van der Waals surface area (Å²) in [5, 5.41) is 15.8. The zero-order valence-electron chi connectivity index (χ0n) is 13.6. The van der Waals surface area contributed by atoms with Crippen LogP contribution < -0.4 is 16.4 Å². The van der Waals surface area contributed by atoms with Crippen LogP contribution in [0.25, 0.3) is 0 Å². The van der Waals surface area contributed by atoms with Gasteiger partial charge in [0.05, 0.1) is 12.6 Å². The lowest BCUT2D eigenvalue weighted by Crippen LogP contribution is -2.57. The number of hydrogen-bond acceptors (Lipinski definition) is 6. The second-order valence-corrected chi connectivity index (χ2v) is 6.87. The van der Waals surface area contributed by atoms with E-state index in [-0.39, 0.29) is 17.7 Å². The van der Waals surface area contributed by atoms with Gasteiger partial charge in [-0.2, -0.15) is 0 Å². The third-order valence-corrected chi connectivity index (χ3v) is 4.57. The Balaban J connectivity index is 2.09. The minimum atomic E-state index is -0.835. The minimum Gasteiger partial charge on any atom is -0.389 e. The number of rotatable bonds is 7. The fourth-order valence-electron chi connectivity index (χ4n) is 3.28. The van der Waals surface area contributed by atoms with Crippen molar-refractivity contribution in [2.45, 2.75) is 44.7 Å². The Labute approximate surface area is 132 Å². The highest BCUT2D eigenvalue weighted by Gasteiger charge is 2.45. The molecule has 6 heteroatoms. The Bertz CT molecular complexity index is 475. The van der Waals surface area contributed by atoms with Gasteiger partial charge in [-0.3, -0.25) is 9.79 Å². The van der Waals surface area contributed by atoms with Gasteiger partial charge in [-0.05, 0) is 25.2 Å². The summed E-state index contributed by atoms with van der Waals surface area (Å²) in [7, 11) is 0. The van der Waals surface area contributed by atoms with Crippen LogP contribution in [0.1, 0.15) is 33.1 Å². The summed E-state index contributed by atoms with van der Waals surface area (Å²) in [6.07, 6.45) is 2.36. The smallest absolute Gasteiger partial charge is 0.185 e. The van der Waals surface area contributed by atoms with Gasteiger partial charge in [0.1, 0.15) is 18.0 Å². The van der Waals surface area contributed by atoms with E-state index in [1.807, 2.05) is 0 Å². The highest BCUT2D eigenvalue weighted by Crippen LogP contribution is 2.31. The Kier molecular flexibility index (Phi) is 5.24. The topological polar surface area (TPSA) is 99.7 Å². The van der Waals surface area contributed by atoms with E-state index >= 15 is 0 Å². The standard InChI is InChI=1S/C16H28N4O2/c1-10(2)6-13(17)15-19-9-16(20-15,14(22)8-21)7-12-4-5-18-11(12)3/h10,12-13,18,21H,3-9,17H2,1-2H3,(H,19,20). The lowest BCUT2D eigenvalue weighted by Gasteiger charge is -2.31. The lowest BCUT2D eigenvalue weighted by atomic mass is 9.82. The van der Waals surface area contributed by atoms with Crippen molar-refractivity contribution in [1.82, 2.24) is 10.6 Å². The summed E-state index contributed by atoms with van der Waals surface area (Å²) in [6.45, 7) is 8.97. The molecule has 22 heavy (non-hydrogen) atoms. The minimum absolute atomic E-state index is 0.196. The molecule has 0 saturated carbocycles. The van der Waals surface area contributed by atoms with E-state index in [0.717, 1.165) is 25.1 Å². The van der Waals surface area contributed by atoms with E-state index in [2.05, 4.69) is 36.1 Å². The largest absolute Gasteiger partial charge is 0.389 e. The third kappa shape index (κ3) is 3.50. The van der Waals surface area contributed by atoms with E-state index in [4.69, 9.17) is 5.73 Å². The Morgan fingerprint density at radius 2 is 2.32 bits per heavy atom. The van der Waals surface area contributed by atoms with Crippen LogP contribution >= 0.6 is 0 Å². The molecule has 0 spiro atoms. The molecule has 2 aliphatic rings. The van der Waals surface area contributed by atoms with Crippen molar-refractivity contribution in [3.05, 3.63) is 12.3 Å². The first kappa shape index (κ1) is 17.0. The molecule has 2 heterocycles. The highest BCUT2D eigenvalue weighted by atomic mass is 16.3. The molecule has 0 aromatic heterocycles. The number of aliphatic imine (C=N–C) groups is 1. The number of amidine groups is 1. The maximum Gasteiger partial charge on any atom is 0.185 e. The van der Waals surface area contributed by atoms with Crippen LogP contribution in [0.4, 0.5) is 0 Å². The van der Waals surface area contributed by atoms with Crippen LogP contribution in [0.2, 0.25) is 0 Å². The van der Waals surface area contributed by atoms with Gasteiger partial charge in [-0.15, -0.1) is 0 Å². The van der Waals surface area contributed by atoms with Gasteiger partial charge in [-0.25, -0.2) is 0 Å². The second-order valence-electron chi connectivity index (χ2n) is 6.87. The van der Waals surface area contributed by atoms with Gasteiger partial charge in [0.25, 0.3) is 0 Å². The van der Waals surface area contributed by atoms with E-state index in [1.54, 1.807) is 0 Å². The number of Topliss-reactive ketones (excluding diaryl/α,β-unsaturated/α-hetero) is 1. The zero-order valence-corrected chi connectivity index (χ0v) is 13.6. The molecule has 124 valence electrons. The maximum atomic E-state index is 12.3. The summed E-state index contributed by atoms with van der Waals surface area (Å²) in [5.41, 5.74) is 6.31. The molecule has 1 fully saturated rings. The molecule has 0 bridgehead atoms. The maximum absolute atomic E-state index is 12.3. The molecule has 5 N–H and O–H groups in total. The van der Waals surface area contributed by atoms with Gasteiger partial charge in [0, 0.05) is 18.2 Å². The first-order chi connectivity index (χ1) is 10.4. The predicted molar refractivity (Wildman–Crippen MR) is 87.6 cm³/mol. The molecule has 1 saturated heterocycles. The van der Waals surface area contributed by atoms with Crippen molar-refractivity contribution in [3.8, 4) is 0 Å². The first-order valence-corrected chi connectivity index (χ1v) is 8.03. The molecule has 3 atom stereocenters. The van der Waals surface area contributed by atoms with Crippen LogP contribution in [-0.2, 0) is 4.79 Å². The molecule has 3 unspecified atom stereocenters. The van der Waals surface area contributed by atoms with E-state index in [9.17, 15) is 9.90 Å². The molecule has 2 rings (SSSR count). The Morgan fingerprint density at radius 1 is 1.59 bits per heavy atom. The fraction of sp³-hybridized carbons (Fsp3) is 0.750. The SMILES string of the molecule is C=C1NCCC1CC1(C(=O)CO)CN=C(C(N)CC(C)C)N1. The number of nitrogens with two attached hydrogens (primary N) is 1. The average molecular weight is 308 g/mol. The van der Waals surface area contributed by atoms with E-state index < -0.39 is 12.1 Å². The first-order valence-electron chi connectivity index (χ1n) is 8.03. The van der Waals surface area contributed by atoms with Crippen molar-refractivity contribution in [3.63, 3.8) is 0 Å². The molecule has 0 aliphatic carbocycles. The molecule has 0 amide bonds. The Morgan fingerprint density at radius 3 is 2.86 bits per heavy atom. The van der Waals surface area contributed by atoms with Crippen LogP contribution in [0.5, 0.6) is 0 Å². The van der Waals surface area contributed by atoms with Gasteiger partial charge in [0.2, 0.25) is 0 Å². The number of allylic oxidation sites excluding steroid dienone is 1. The summed E-state index contributed by atoms with van der Waals surface area (Å²) in [4.78, 5) is 16.8. The van der Waals surface area contributed by atoms with Gasteiger partial charge in [0.15, 0.2) is 5.78 Å². The summed E-state index contributed by atoms with van der Waals surface area (Å²) >= 11 is 0. The van der Waals surface area contributed by atoms with Gasteiger partial charge in [-0.1, -0.05) is 20.4 Å². The highest BCUT2D eigenvalue weighted by molar-refractivity contribution is 5.99. The normalized spacial score (nSPS) is 29.2. The zero-order chi connectivity index (χ0) is 16.3.